The number of amides is 2. The van der Waals surface area contributed by atoms with Crippen LogP contribution in [0.2, 0.25) is 0 Å². The van der Waals surface area contributed by atoms with Crippen molar-refractivity contribution < 1.29 is 14.3 Å². The second-order valence-corrected chi connectivity index (χ2v) is 8.28. The topological polar surface area (TPSA) is 70.7 Å². The van der Waals surface area contributed by atoms with Gasteiger partial charge in [0.25, 0.3) is 5.91 Å². The second kappa shape index (κ2) is 12.5. The second-order valence-electron chi connectivity index (χ2n) is 7.85. The van der Waals surface area contributed by atoms with Crippen LogP contribution in [-0.4, -0.2) is 44.7 Å². The van der Waals surface area contributed by atoms with Crippen LogP contribution in [0.1, 0.15) is 53.9 Å². The van der Waals surface area contributed by atoms with Crippen LogP contribution in [0.4, 0.5) is 11.4 Å². The monoisotopic (exact) mass is 457 g/mol. The van der Waals surface area contributed by atoms with Crippen LogP contribution in [0.25, 0.3) is 0 Å². The van der Waals surface area contributed by atoms with Gasteiger partial charge in [0.05, 0.1) is 5.56 Å². The molecule has 0 saturated carbocycles. The van der Waals surface area contributed by atoms with Gasteiger partial charge in [-0.05, 0) is 56.4 Å². The van der Waals surface area contributed by atoms with Gasteiger partial charge in [-0.3, -0.25) is 9.59 Å². The van der Waals surface area contributed by atoms with E-state index in [0.717, 1.165) is 43.6 Å². The Bertz CT molecular complexity index is 885. The first-order chi connectivity index (χ1) is 15.6. The van der Waals surface area contributed by atoms with Crippen molar-refractivity contribution in [3.63, 3.8) is 0 Å². The molecule has 7 heteroatoms. The molecule has 0 bridgehead atoms. The molecule has 2 N–H and O–H groups in total. The molecular weight excluding hydrogens is 426 g/mol. The number of rotatable bonds is 10. The number of halogens is 1. The highest BCUT2D eigenvalue weighted by atomic mass is 35.5. The number of hydrogen-bond acceptors (Lipinski definition) is 4. The van der Waals surface area contributed by atoms with Gasteiger partial charge in [0, 0.05) is 44.2 Å². The molecule has 1 atom stereocenters. The Morgan fingerprint density at radius 2 is 1.84 bits per heavy atom. The number of carbonyl (C=O) groups is 2. The molecule has 0 aliphatic carbocycles. The Morgan fingerprint density at radius 1 is 1.09 bits per heavy atom. The minimum atomic E-state index is -0.811. The minimum absolute atomic E-state index is 0.149. The maximum Gasteiger partial charge on any atom is 0.253 e. The summed E-state index contributed by atoms with van der Waals surface area (Å²) in [4.78, 5) is 28.0. The highest BCUT2D eigenvalue weighted by Crippen LogP contribution is 2.28. The first-order valence-corrected chi connectivity index (χ1v) is 11.8. The molecule has 6 nitrogen and oxygen atoms in total. The molecule has 172 valence electrons. The van der Waals surface area contributed by atoms with Gasteiger partial charge in [0.1, 0.15) is 5.38 Å². The predicted molar refractivity (Wildman–Crippen MR) is 130 cm³/mol. The van der Waals surface area contributed by atoms with Gasteiger partial charge in [-0.2, -0.15) is 0 Å². The van der Waals surface area contributed by atoms with Crippen molar-refractivity contribution in [1.82, 2.24) is 5.32 Å². The van der Waals surface area contributed by atoms with Gasteiger partial charge in [0.15, 0.2) is 0 Å². The summed E-state index contributed by atoms with van der Waals surface area (Å²) in [5.41, 5.74) is 2.74. The minimum Gasteiger partial charge on any atom is -0.382 e. The average molecular weight is 458 g/mol. The zero-order valence-corrected chi connectivity index (χ0v) is 19.4. The van der Waals surface area contributed by atoms with Gasteiger partial charge in [-0.15, -0.1) is 11.6 Å². The Labute approximate surface area is 195 Å². The number of piperidine rings is 1. The summed E-state index contributed by atoms with van der Waals surface area (Å²) < 4.78 is 5.34. The Hall–Kier alpha value is -2.57. The lowest BCUT2D eigenvalue weighted by molar-refractivity contribution is -0.116. The normalized spacial score (nSPS) is 14.6. The number of alkyl halides is 1. The summed E-state index contributed by atoms with van der Waals surface area (Å²) in [6, 6.07) is 14.7. The highest BCUT2D eigenvalue weighted by molar-refractivity contribution is 6.32. The van der Waals surface area contributed by atoms with E-state index >= 15 is 0 Å². The fourth-order valence-corrected chi connectivity index (χ4v) is 4.00. The molecule has 2 amide bonds. The maximum absolute atomic E-state index is 13.0. The third-order valence-corrected chi connectivity index (χ3v) is 5.93. The SMILES string of the molecule is CCOCCCNC(=O)c1cc(NC(=O)C(Cl)c2ccccc2)ccc1N1CCCCC1. The molecule has 1 heterocycles. The first kappa shape index (κ1) is 24.1. The summed E-state index contributed by atoms with van der Waals surface area (Å²) in [6.45, 7) is 5.61. The van der Waals surface area contributed by atoms with Crippen LogP contribution in [-0.2, 0) is 9.53 Å². The molecule has 3 rings (SSSR count). The van der Waals surface area contributed by atoms with Gasteiger partial charge in [-0.1, -0.05) is 30.3 Å². The van der Waals surface area contributed by atoms with Crippen LogP contribution >= 0.6 is 11.6 Å². The number of ether oxygens (including phenoxy) is 1. The number of nitrogens with zero attached hydrogens (tertiary/aromatic N) is 1. The molecule has 0 spiro atoms. The molecule has 1 fully saturated rings. The van der Waals surface area contributed by atoms with E-state index in [9.17, 15) is 9.59 Å². The van der Waals surface area contributed by atoms with Crippen LogP contribution in [0.5, 0.6) is 0 Å². The smallest absolute Gasteiger partial charge is 0.253 e. The molecule has 1 unspecified atom stereocenters. The fraction of sp³-hybridized carbons (Fsp3) is 0.440. The lowest BCUT2D eigenvalue weighted by atomic mass is 10.1. The molecule has 1 aliphatic rings. The molecule has 32 heavy (non-hydrogen) atoms. The van der Waals surface area contributed by atoms with E-state index in [1.165, 1.54) is 6.42 Å². The van der Waals surface area contributed by atoms with Crippen LogP contribution in [0.15, 0.2) is 48.5 Å². The molecule has 0 aromatic heterocycles. The maximum atomic E-state index is 13.0. The van der Waals surface area contributed by atoms with Crippen molar-refractivity contribution >= 4 is 34.8 Å². The highest BCUT2D eigenvalue weighted by Gasteiger charge is 2.21. The average Bonchev–Trinajstić information content (AvgIpc) is 2.84. The predicted octanol–water partition coefficient (Wildman–Crippen LogP) is 4.75. The summed E-state index contributed by atoms with van der Waals surface area (Å²) in [6.07, 6.45) is 4.18. The van der Waals surface area contributed by atoms with E-state index in [1.807, 2.05) is 49.4 Å². The standard InChI is InChI=1S/C25H32ClN3O3/c1-2-32-17-9-14-27-24(30)21-18-20(12-13-22(21)29-15-7-4-8-16-29)28-25(31)23(26)19-10-5-3-6-11-19/h3,5-6,10-13,18,23H,2,4,7-9,14-17H2,1H3,(H,27,30)(H,28,31). The van der Waals surface area contributed by atoms with E-state index in [1.54, 1.807) is 6.07 Å². The van der Waals surface area contributed by atoms with Crippen LogP contribution in [0, 0.1) is 0 Å². The summed E-state index contributed by atoms with van der Waals surface area (Å²) in [5.74, 6) is -0.477. The third-order valence-electron chi connectivity index (χ3n) is 5.48. The summed E-state index contributed by atoms with van der Waals surface area (Å²) in [5, 5.41) is 5.03. The van der Waals surface area contributed by atoms with Gasteiger partial charge >= 0.3 is 0 Å². The Morgan fingerprint density at radius 3 is 2.56 bits per heavy atom. The summed E-state index contributed by atoms with van der Waals surface area (Å²) >= 11 is 6.36. The number of hydrogen-bond donors (Lipinski definition) is 2. The van der Waals surface area contributed by atoms with E-state index in [0.29, 0.717) is 31.0 Å². The van der Waals surface area contributed by atoms with Crippen molar-refractivity contribution in [2.24, 2.45) is 0 Å². The van der Waals surface area contributed by atoms with Crippen LogP contribution < -0.4 is 15.5 Å². The van der Waals surface area contributed by atoms with E-state index in [4.69, 9.17) is 16.3 Å². The van der Waals surface area contributed by atoms with Crippen molar-refractivity contribution in [3.8, 4) is 0 Å². The van der Waals surface area contributed by atoms with Crippen molar-refractivity contribution in [1.29, 1.82) is 0 Å². The molecular formula is C25H32ClN3O3. The Balaban J connectivity index is 1.74. The van der Waals surface area contributed by atoms with E-state index < -0.39 is 5.38 Å². The molecule has 2 aromatic rings. The zero-order valence-electron chi connectivity index (χ0n) is 18.6. The van der Waals surface area contributed by atoms with Crippen molar-refractivity contribution in [2.45, 2.75) is 38.0 Å². The largest absolute Gasteiger partial charge is 0.382 e. The lowest BCUT2D eigenvalue weighted by Crippen LogP contribution is -2.33. The molecule has 1 aliphatic heterocycles. The first-order valence-electron chi connectivity index (χ1n) is 11.3. The van der Waals surface area contributed by atoms with E-state index in [2.05, 4.69) is 15.5 Å². The number of carbonyl (C=O) groups excluding carboxylic acids is 2. The Kier molecular flexibility index (Phi) is 9.38. The molecule has 2 aromatic carbocycles. The van der Waals surface area contributed by atoms with Crippen molar-refractivity contribution in [3.05, 3.63) is 59.7 Å². The quantitative estimate of drug-likeness (QED) is 0.399. The van der Waals surface area contributed by atoms with Crippen LogP contribution in [0.3, 0.4) is 0 Å². The van der Waals surface area contributed by atoms with E-state index in [-0.39, 0.29) is 11.8 Å². The van der Waals surface area contributed by atoms with Crippen molar-refractivity contribution in [2.75, 3.05) is 43.1 Å². The molecule has 0 radical (unpaired) electrons. The molecule has 1 saturated heterocycles. The van der Waals surface area contributed by atoms with Gasteiger partial charge in [0.2, 0.25) is 5.91 Å². The lowest BCUT2D eigenvalue weighted by Gasteiger charge is -2.30. The van der Waals surface area contributed by atoms with Gasteiger partial charge < -0.3 is 20.3 Å². The zero-order chi connectivity index (χ0) is 22.8. The number of nitrogens with one attached hydrogen (secondary N) is 2. The number of benzene rings is 2. The summed E-state index contributed by atoms with van der Waals surface area (Å²) in [7, 11) is 0. The van der Waals surface area contributed by atoms with Gasteiger partial charge in [-0.25, -0.2) is 0 Å². The number of anilines is 2. The fourth-order valence-electron chi connectivity index (χ4n) is 3.80. The third kappa shape index (κ3) is 6.71.